The molecule has 1 aromatic carbocycles. The van der Waals surface area contributed by atoms with E-state index in [1.165, 1.54) is 4.88 Å². The first-order valence-electron chi connectivity index (χ1n) is 7.89. The number of benzene rings is 1. The molecular weight excluding hydrogens is 322 g/mol. The number of aromatic nitrogens is 2. The minimum Gasteiger partial charge on any atom is -0.334 e. The van der Waals surface area contributed by atoms with Gasteiger partial charge in [-0.05, 0) is 24.6 Å². The summed E-state index contributed by atoms with van der Waals surface area (Å²) in [5.41, 5.74) is 1.14. The number of H-pyrrole nitrogens is 1. The molecule has 3 rings (SSSR count). The Balaban J connectivity index is 1.79. The summed E-state index contributed by atoms with van der Waals surface area (Å²) in [5.74, 6) is 0.419. The van der Waals surface area contributed by atoms with Gasteiger partial charge in [0.05, 0.1) is 23.0 Å². The number of nitrogens with one attached hydrogen (secondary N) is 1. The van der Waals surface area contributed by atoms with Gasteiger partial charge < -0.3 is 9.88 Å². The Morgan fingerprint density at radius 2 is 2.12 bits per heavy atom. The summed E-state index contributed by atoms with van der Waals surface area (Å²) in [6.07, 6.45) is 2.05. The van der Waals surface area contributed by atoms with Crippen molar-refractivity contribution in [3.05, 3.63) is 62.3 Å². The van der Waals surface area contributed by atoms with Crippen LogP contribution in [0.3, 0.4) is 0 Å². The highest BCUT2D eigenvalue weighted by molar-refractivity contribution is 7.10. The maximum absolute atomic E-state index is 12.5. The highest BCUT2D eigenvalue weighted by Gasteiger charge is 2.15. The second-order valence-corrected chi connectivity index (χ2v) is 6.74. The van der Waals surface area contributed by atoms with Crippen molar-refractivity contribution in [1.82, 2.24) is 14.9 Å². The molecule has 0 aliphatic heterocycles. The average Bonchev–Trinajstić information content (AvgIpc) is 3.03. The Labute approximate surface area is 144 Å². The van der Waals surface area contributed by atoms with Crippen LogP contribution < -0.4 is 5.56 Å². The Hall–Kier alpha value is -2.47. The molecule has 24 heavy (non-hydrogen) atoms. The maximum atomic E-state index is 12.5. The number of thiophene rings is 1. The third-order valence-electron chi connectivity index (χ3n) is 3.79. The molecule has 3 aromatic rings. The standard InChI is InChI=1S/C18H19N3O2S/c1-3-6-13-9-12(11-24-13)18(23)21(2)10-16-19-15-8-5-4-7-14(15)17(22)20-16/h4-5,7-9,11H,3,6,10H2,1-2H3,(H,19,20,22). The fraction of sp³-hybridized carbons (Fsp3) is 0.278. The first-order chi connectivity index (χ1) is 11.6. The molecular formula is C18H19N3O2S. The summed E-state index contributed by atoms with van der Waals surface area (Å²) in [6, 6.07) is 9.13. The lowest BCUT2D eigenvalue weighted by atomic mass is 10.2. The van der Waals surface area contributed by atoms with Crippen molar-refractivity contribution in [1.29, 1.82) is 0 Å². The van der Waals surface area contributed by atoms with E-state index in [1.54, 1.807) is 41.5 Å². The maximum Gasteiger partial charge on any atom is 0.258 e. The number of carbonyl (C=O) groups excluding carboxylic acids is 1. The number of amides is 1. The first-order valence-corrected chi connectivity index (χ1v) is 8.77. The third kappa shape index (κ3) is 3.38. The van der Waals surface area contributed by atoms with E-state index >= 15 is 0 Å². The van der Waals surface area contributed by atoms with Crippen LogP contribution in [0.25, 0.3) is 10.9 Å². The number of hydrogen-bond donors (Lipinski definition) is 1. The molecule has 0 aliphatic rings. The second-order valence-electron chi connectivity index (χ2n) is 5.74. The molecule has 1 amide bonds. The highest BCUT2D eigenvalue weighted by Crippen LogP contribution is 2.18. The number of nitrogens with zero attached hydrogens (tertiary/aromatic N) is 2. The SMILES string of the molecule is CCCc1cc(C(=O)N(C)Cc2nc3ccccc3c(=O)[nH]2)cs1. The zero-order valence-corrected chi connectivity index (χ0v) is 14.5. The summed E-state index contributed by atoms with van der Waals surface area (Å²) in [5, 5.41) is 2.44. The van der Waals surface area contributed by atoms with Crippen molar-refractivity contribution >= 4 is 28.1 Å². The van der Waals surface area contributed by atoms with Gasteiger partial charge in [-0.1, -0.05) is 25.5 Å². The van der Waals surface area contributed by atoms with Crippen molar-refractivity contribution < 1.29 is 4.79 Å². The number of para-hydroxylation sites is 1. The molecule has 0 unspecified atom stereocenters. The number of rotatable bonds is 5. The van der Waals surface area contributed by atoms with Crippen LogP contribution in [-0.4, -0.2) is 27.8 Å². The molecule has 0 fully saturated rings. The van der Waals surface area contributed by atoms with Crippen LogP contribution in [0.1, 0.15) is 34.4 Å². The smallest absolute Gasteiger partial charge is 0.258 e. The fourth-order valence-corrected chi connectivity index (χ4v) is 3.56. The predicted octanol–water partition coefficient (Wildman–Crippen LogP) is 3.21. The van der Waals surface area contributed by atoms with Crippen LogP contribution in [0.15, 0.2) is 40.5 Å². The molecule has 0 aliphatic carbocycles. The topological polar surface area (TPSA) is 66.1 Å². The van der Waals surface area contributed by atoms with Gasteiger partial charge in [-0.3, -0.25) is 9.59 Å². The summed E-state index contributed by atoms with van der Waals surface area (Å²) in [7, 11) is 1.72. The molecule has 5 nitrogen and oxygen atoms in total. The van der Waals surface area contributed by atoms with Gasteiger partial charge in [0.25, 0.3) is 11.5 Å². The molecule has 0 spiro atoms. The summed E-state index contributed by atoms with van der Waals surface area (Å²) < 4.78 is 0. The molecule has 2 heterocycles. The molecule has 0 radical (unpaired) electrons. The van der Waals surface area contributed by atoms with Crippen molar-refractivity contribution in [3.8, 4) is 0 Å². The van der Waals surface area contributed by atoms with Gasteiger partial charge in [0.2, 0.25) is 0 Å². The van der Waals surface area contributed by atoms with E-state index in [2.05, 4.69) is 16.9 Å². The second kappa shape index (κ2) is 6.97. The van der Waals surface area contributed by atoms with Crippen LogP contribution in [0, 0.1) is 0 Å². The molecule has 0 atom stereocenters. The van der Waals surface area contributed by atoms with E-state index in [0.29, 0.717) is 22.3 Å². The van der Waals surface area contributed by atoms with Crippen LogP contribution in [0.5, 0.6) is 0 Å². The quantitative estimate of drug-likeness (QED) is 0.775. The summed E-state index contributed by atoms with van der Waals surface area (Å²) >= 11 is 1.61. The lowest BCUT2D eigenvalue weighted by Gasteiger charge is -2.16. The Morgan fingerprint density at radius 1 is 1.33 bits per heavy atom. The molecule has 0 bridgehead atoms. The van der Waals surface area contributed by atoms with Crippen LogP contribution in [0.4, 0.5) is 0 Å². The van der Waals surface area contributed by atoms with Crippen molar-refractivity contribution in [2.45, 2.75) is 26.3 Å². The van der Waals surface area contributed by atoms with E-state index in [-0.39, 0.29) is 18.0 Å². The molecule has 2 aromatic heterocycles. The number of hydrogen-bond acceptors (Lipinski definition) is 4. The van der Waals surface area contributed by atoms with E-state index in [4.69, 9.17) is 0 Å². The average molecular weight is 341 g/mol. The number of aromatic amines is 1. The normalized spacial score (nSPS) is 10.9. The molecule has 0 saturated carbocycles. The highest BCUT2D eigenvalue weighted by atomic mass is 32.1. The van der Waals surface area contributed by atoms with Crippen LogP contribution >= 0.6 is 11.3 Å². The van der Waals surface area contributed by atoms with Gasteiger partial charge in [-0.25, -0.2) is 4.98 Å². The lowest BCUT2D eigenvalue weighted by molar-refractivity contribution is 0.0782. The van der Waals surface area contributed by atoms with Gasteiger partial charge in [-0.15, -0.1) is 11.3 Å². The molecule has 0 saturated heterocycles. The van der Waals surface area contributed by atoms with Gasteiger partial charge in [-0.2, -0.15) is 0 Å². The van der Waals surface area contributed by atoms with E-state index in [0.717, 1.165) is 12.8 Å². The Kier molecular flexibility index (Phi) is 4.76. The largest absolute Gasteiger partial charge is 0.334 e. The lowest BCUT2D eigenvalue weighted by Crippen LogP contribution is -2.28. The number of carbonyl (C=O) groups is 1. The third-order valence-corrected chi connectivity index (χ3v) is 4.79. The minimum atomic E-state index is -0.183. The summed E-state index contributed by atoms with van der Waals surface area (Å²) in [4.78, 5) is 34.6. The summed E-state index contributed by atoms with van der Waals surface area (Å²) in [6.45, 7) is 2.38. The van der Waals surface area contributed by atoms with E-state index in [1.807, 2.05) is 17.5 Å². The zero-order valence-electron chi connectivity index (χ0n) is 13.7. The van der Waals surface area contributed by atoms with E-state index in [9.17, 15) is 9.59 Å². The van der Waals surface area contributed by atoms with Gasteiger partial charge in [0, 0.05) is 17.3 Å². The van der Waals surface area contributed by atoms with Crippen LogP contribution in [0.2, 0.25) is 0 Å². The van der Waals surface area contributed by atoms with Gasteiger partial charge in [0.1, 0.15) is 5.82 Å². The van der Waals surface area contributed by atoms with Gasteiger partial charge >= 0.3 is 0 Å². The van der Waals surface area contributed by atoms with Gasteiger partial charge in [0.15, 0.2) is 0 Å². The van der Waals surface area contributed by atoms with Crippen LogP contribution in [-0.2, 0) is 13.0 Å². The molecule has 6 heteroatoms. The zero-order chi connectivity index (χ0) is 17.1. The van der Waals surface area contributed by atoms with Crippen molar-refractivity contribution in [2.24, 2.45) is 0 Å². The monoisotopic (exact) mass is 341 g/mol. The Bertz CT molecular complexity index is 929. The van der Waals surface area contributed by atoms with E-state index < -0.39 is 0 Å². The Morgan fingerprint density at radius 3 is 2.92 bits per heavy atom. The van der Waals surface area contributed by atoms with Crippen molar-refractivity contribution in [3.63, 3.8) is 0 Å². The fourth-order valence-electron chi connectivity index (χ4n) is 2.60. The van der Waals surface area contributed by atoms with Crippen molar-refractivity contribution in [2.75, 3.05) is 7.05 Å². The number of fused-ring (bicyclic) bond motifs is 1. The molecule has 124 valence electrons. The predicted molar refractivity (Wildman–Crippen MR) is 96.5 cm³/mol. The molecule has 1 N–H and O–H groups in total. The number of aryl methyl sites for hydroxylation is 1. The minimum absolute atomic E-state index is 0.0654. The first kappa shape index (κ1) is 16.4.